The summed E-state index contributed by atoms with van der Waals surface area (Å²) >= 11 is 0. The van der Waals surface area contributed by atoms with Gasteiger partial charge in [-0.15, -0.1) is 0 Å². The number of nitrogens with zero attached hydrogens (tertiary/aromatic N) is 1. The summed E-state index contributed by atoms with van der Waals surface area (Å²) < 4.78 is 23.5. The van der Waals surface area contributed by atoms with E-state index >= 15 is 0 Å². The largest absolute Gasteiger partial charge is 0.472 e. The minimum Gasteiger partial charge on any atom is -0.391 e. The zero-order chi connectivity index (χ0) is 35.8. The molecule has 0 saturated carbocycles. The molecule has 0 rings (SSSR count). The number of hydrogen-bond donors (Lipinski definition) is 3. The fourth-order valence-electron chi connectivity index (χ4n) is 6.05. The maximum absolute atomic E-state index is 12.8. The van der Waals surface area contributed by atoms with Gasteiger partial charge in [0, 0.05) is 6.42 Å². The van der Waals surface area contributed by atoms with Gasteiger partial charge in [0.05, 0.1) is 39.9 Å². The van der Waals surface area contributed by atoms with Crippen LogP contribution in [-0.2, 0) is 18.4 Å². The van der Waals surface area contributed by atoms with E-state index < -0.39 is 20.0 Å². The number of phosphoric acid groups is 1. The molecule has 1 amide bonds. The van der Waals surface area contributed by atoms with E-state index in [1.165, 1.54) is 128 Å². The molecule has 0 aliphatic rings. The highest BCUT2D eigenvalue weighted by Gasteiger charge is 2.28. The fourth-order valence-corrected chi connectivity index (χ4v) is 6.78. The van der Waals surface area contributed by atoms with Crippen molar-refractivity contribution < 1.29 is 32.9 Å². The standard InChI is InChI=1S/C39H81N2O6P/c1-6-8-10-12-14-16-17-18-19-20-21-22-23-25-26-28-30-32-38(42)37(36-47-48(44,45)46-35-34-41(3,4)5)40-39(43)33-31-29-27-24-15-13-11-9-7-2/h37-38,42H,6-36H2,1-5H3,(H-,40,43,44,45)/p+1/t37-,38+/m0/s1. The number of rotatable bonds is 37. The van der Waals surface area contributed by atoms with Crippen LogP contribution in [0, 0.1) is 0 Å². The summed E-state index contributed by atoms with van der Waals surface area (Å²) in [6, 6.07) is -0.750. The minimum absolute atomic E-state index is 0.0781. The summed E-state index contributed by atoms with van der Waals surface area (Å²) in [6.07, 6.45) is 32.7. The van der Waals surface area contributed by atoms with Gasteiger partial charge in [0.2, 0.25) is 5.91 Å². The lowest BCUT2D eigenvalue weighted by atomic mass is 10.0. The molecule has 288 valence electrons. The normalized spacial score (nSPS) is 14.6. The Bertz CT molecular complexity index is 763. The molecule has 0 radical (unpaired) electrons. The molecule has 3 atom stereocenters. The van der Waals surface area contributed by atoms with E-state index in [-0.39, 0.29) is 19.1 Å². The number of aliphatic hydroxyl groups excluding tert-OH is 1. The summed E-state index contributed by atoms with van der Waals surface area (Å²) in [5, 5.41) is 13.9. The van der Waals surface area contributed by atoms with Crippen LogP contribution in [0.2, 0.25) is 0 Å². The van der Waals surface area contributed by atoms with E-state index in [0.29, 0.717) is 23.9 Å². The second-order valence-electron chi connectivity index (χ2n) is 15.4. The average Bonchev–Trinajstić information content (AvgIpc) is 3.02. The third-order valence-corrected chi connectivity index (χ3v) is 10.3. The molecule has 0 heterocycles. The third kappa shape index (κ3) is 34.0. The molecule has 0 aliphatic carbocycles. The van der Waals surface area contributed by atoms with Crippen molar-refractivity contribution in [3.63, 3.8) is 0 Å². The highest BCUT2D eigenvalue weighted by atomic mass is 31.2. The van der Waals surface area contributed by atoms with E-state index in [4.69, 9.17) is 9.05 Å². The van der Waals surface area contributed by atoms with Crippen molar-refractivity contribution in [3.8, 4) is 0 Å². The summed E-state index contributed by atoms with van der Waals surface area (Å²) in [5.41, 5.74) is 0. The van der Waals surface area contributed by atoms with Gasteiger partial charge in [-0.3, -0.25) is 13.8 Å². The maximum atomic E-state index is 12.8. The molecule has 0 spiro atoms. The number of hydrogen-bond acceptors (Lipinski definition) is 5. The molecule has 1 unspecified atom stereocenters. The van der Waals surface area contributed by atoms with Crippen molar-refractivity contribution in [1.82, 2.24) is 5.32 Å². The average molecular weight is 706 g/mol. The lowest BCUT2D eigenvalue weighted by Crippen LogP contribution is -2.46. The smallest absolute Gasteiger partial charge is 0.391 e. The van der Waals surface area contributed by atoms with Crippen molar-refractivity contribution in [1.29, 1.82) is 0 Å². The Kier molecular flexibility index (Phi) is 32.1. The highest BCUT2D eigenvalue weighted by molar-refractivity contribution is 7.47. The van der Waals surface area contributed by atoms with E-state index in [0.717, 1.165) is 38.5 Å². The Hall–Kier alpha value is -0.500. The number of carbonyl (C=O) groups excluding carboxylic acids is 1. The first kappa shape index (κ1) is 47.5. The molecule has 0 bridgehead atoms. The lowest BCUT2D eigenvalue weighted by Gasteiger charge is -2.26. The first-order valence-corrected chi connectivity index (χ1v) is 21.9. The highest BCUT2D eigenvalue weighted by Crippen LogP contribution is 2.43. The molecule has 8 nitrogen and oxygen atoms in total. The van der Waals surface area contributed by atoms with Gasteiger partial charge in [-0.2, -0.15) is 0 Å². The zero-order valence-corrected chi connectivity index (χ0v) is 33.4. The van der Waals surface area contributed by atoms with Crippen molar-refractivity contribution in [2.75, 3.05) is 40.9 Å². The molecular weight excluding hydrogens is 623 g/mol. The molecule has 0 aromatic rings. The molecule has 3 N–H and O–H groups in total. The number of nitrogens with one attached hydrogen (secondary N) is 1. The second-order valence-corrected chi connectivity index (χ2v) is 16.8. The van der Waals surface area contributed by atoms with Crippen LogP contribution in [0.3, 0.4) is 0 Å². The van der Waals surface area contributed by atoms with Crippen LogP contribution in [-0.4, -0.2) is 73.4 Å². The number of quaternary nitrogens is 1. The Morgan fingerprint density at radius 3 is 1.40 bits per heavy atom. The Morgan fingerprint density at radius 2 is 1.00 bits per heavy atom. The first-order valence-electron chi connectivity index (χ1n) is 20.4. The van der Waals surface area contributed by atoms with Gasteiger partial charge in [-0.05, 0) is 12.8 Å². The number of carbonyl (C=O) groups is 1. The quantitative estimate of drug-likeness (QED) is 0.0338. The van der Waals surface area contributed by atoms with Gasteiger partial charge in [0.15, 0.2) is 0 Å². The van der Waals surface area contributed by atoms with Crippen molar-refractivity contribution in [3.05, 3.63) is 0 Å². The molecule has 0 aliphatic heterocycles. The SMILES string of the molecule is CCCCCCCCCCCCCCCCCCC[C@@H](O)[C@H](COP(=O)(O)OCC[N+](C)(C)C)NC(=O)CCCCCCCCCCC. The molecule has 0 aromatic carbocycles. The number of unbranched alkanes of at least 4 members (excludes halogenated alkanes) is 24. The molecular formula is C39H82N2O6P+. The monoisotopic (exact) mass is 706 g/mol. The van der Waals surface area contributed by atoms with E-state index in [1.54, 1.807) is 0 Å². The van der Waals surface area contributed by atoms with Crippen LogP contribution < -0.4 is 5.32 Å². The number of phosphoric ester groups is 1. The maximum Gasteiger partial charge on any atom is 0.472 e. The van der Waals surface area contributed by atoms with Crippen LogP contribution in [0.15, 0.2) is 0 Å². The summed E-state index contributed by atoms with van der Waals surface area (Å²) in [4.78, 5) is 23.0. The predicted molar refractivity (Wildman–Crippen MR) is 203 cm³/mol. The molecule has 0 saturated heterocycles. The van der Waals surface area contributed by atoms with Gasteiger partial charge in [-0.25, -0.2) is 4.57 Å². The first-order chi connectivity index (χ1) is 23.0. The number of aliphatic hydroxyl groups is 1. The number of likely N-dealkylation sites (N-methyl/N-ethyl adjacent to an activating group) is 1. The summed E-state index contributed by atoms with van der Waals surface area (Å²) in [6.45, 7) is 4.87. The molecule has 48 heavy (non-hydrogen) atoms. The minimum atomic E-state index is -4.30. The fraction of sp³-hybridized carbons (Fsp3) is 0.974. The van der Waals surface area contributed by atoms with Crippen LogP contribution in [0.5, 0.6) is 0 Å². The Morgan fingerprint density at radius 1 is 0.625 bits per heavy atom. The van der Waals surface area contributed by atoms with E-state index in [2.05, 4.69) is 19.2 Å². The van der Waals surface area contributed by atoms with Crippen molar-refractivity contribution >= 4 is 13.7 Å². The summed E-state index contributed by atoms with van der Waals surface area (Å²) in [5.74, 6) is -0.147. The summed E-state index contributed by atoms with van der Waals surface area (Å²) in [7, 11) is 1.62. The topological polar surface area (TPSA) is 105 Å². The molecule has 9 heteroatoms. The van der Waals surface area contributed by atoms with E-state index in [1.807, 2.05) is 21.1 Å². The van der Waals surface area contributed by atoms with Gasteiger partial charge >= 0.3 is 7.82 Å². The third-order valence-electron chi connectivity index (χ3n) is 9.36. The van der Waals surface area contributed by atoms with Crippen LogP contribution >= 0.6 is 7.82 Å². The Balaban J connectivity index is 4.34. The molecule has 0 aromatic heterocycles. The lowest BCUT2D eigenvalue weighted by molar-refractivity contribution is -0.870. The van der Waals surface area contributed by atoms with Crippen LogP contribution in [0.4, 0.5) is 0 Å². The Labute approximate surface area is 298 Å². The van der Waals surface area contributed by atoms with E-state index in [9.17, 15) is 19.4 Å². The van der Waals surface area contributed by atoms with Crippen molar-refractivity contribution in [2.24, 2.45) is 0 Å². The van der Waals surface area contributed by atoms with Crippen molar-refractivity contribution in [2.45, 2.75) is 206 Å². The second kappa shape index (κ2) is 32.4. The predicted octanol–water partition coefficient (Wildman–Crippen LogP) is 10.6. The zero-order valence-electron chi connectivity index (χ0n) is 32.5. The van der Waals surface area contributed by atoms with Crippen LogP contribution in [0.25, 0.3) is 0 Å². The van der Waals surface area contributed by atoms with Gasteiger partial charge in [0.25, 0.3) is 0 Å². The van der Waals surface area contributed by atoms with Gasteiger partial charge in [0.1, 0.15) is 13.2 Å². The van der Waals surface area contributed by atoms with Crippen LogP contribution in [0.1, 0.15) is 194 Å². The molecule has 0 fully saturated rings. The van der Waals surface area contributed by atoms with Gasteiger partial charge < -0.3 is 19.8 Å². The number of amides is 1. The van der Waals surface area contributed by atoms with Gasteiger partial charge in [-0.1, -0.05) is 174 Å².